The molecule has 0 saturated carbocycles. The van der Waals surface area contributed by atoms with Crippen molar-refractivity contribution in [3.63, 3.8) is 0 Å². The predicted octanol–water partition coefficient (Wildman–Crippen LogP) is 5.51. The van der Waals surface area contributed by atoms with Gasteiger partial charge in [0.05, 0.1) is 5.52 Å². The molecule has 0 spiro atoms. The molecule has 2 N–H and O–H groups in total. The van der Waals surface area contributed by atoms with Crippen LogP contribution in [0.3, 0.4) is 0 Å². The van der Waals surface area contributed by atoms with E-state index in [-0.39, 0.29) is 6.61 Å². The van der Waals surface area contributed by atoms with Crippen LogP contribution in [-0.2, 0) is 11.3 Å². The number of halogens is 1. The zero-order chi connectivity index (χ0) is 26.8. The van der Waals surface area contributed by atoms with Crippen molar-refractivity contribution in [3.8, 4) is 22.9 Å². The zero-order valence-corrected chi connectivity index (χ0v) is 21.4. The van der Waals surface area contributed by atoms with Gasteiger partial charge in [0.1, 0.15) is 47.3 Å². The fourth-order valence-electron chi connectivity index (χ4n) is 4.77. The van der Waals surface area contributed by atoms with Crippen LogP contribution < -0.4 is 15.2 Å². The number of hydrogen-bond donors (Lipinski definition) is 1. The van der Waals surface area contributed by atoms with Crippen molar-refractivity contribution in [2.75, 3.05) is 18.9 Å². The Morgan fingerprint density at radius 2 is 1.72 bits per heavy atom. The lowest BCUT2D eigenvalue weighted by Crippen LogP contribution is -2.14. The van der Waals surface area contributed by atoms with Gasteiger partial charge >= 0.3 is 0 Å². The van der Waals surface area contributed by atoms with Crippen molar-refractivity contribution in [1.29, 1.82) is 0 Å². The Hall–Kier alpha value is -4.57. The minimum atomic E-state index is -0.464. The fraction of sp³-hybridized carbons (Fsp3) is 0.241. The Bertz CT molecular complexity index is 1600. The third kappa shape index (κ3) is 5.37. The first kappa shape index (κ1) is 24.7. The molecule has 6 rings (SSSR count). The lowest BCUT2D eigenvalue weighted by atomic mass is 9.93. The van der Waals surface area contributed by atoms with Gasteiger partial charge in [0.15, 0.2) is 5.82 Å². The number of rotatable bonds is 7. The van der Waals surface area contributed by atoms with Crippen LogP contribution in [0.15, 0.2) is 67.4 Å². The van der Waals surface area contributed by atoms with Crippen LogP contribution in [0.25, 0.3) is 16.7 Å². The van der Waals surface area contributed by atoms with E-state index < -0.39 is 5.82 Å². The van der Waals surface area contributed by atoms with E-state index in [2.05, 4.69) is 26.1 Å². The van der Waals surface area contributed by atoms with Crippen LogP contribution in [0.2, 0.25) is 0 Å². The summed E-state index contributed by atoms with van der Waals surface area (Å²) >= 11 is 0. The van der Waals surface area contributed by atoms with E-state index in [4.69, 9.17) is 19.9 Å². The molecule has 3 aromatic heterocycles. The Kier molecular flexibility index (Phi) is 6.76. The summed E-state index contributed by atoms with van der Waals surface area (Å²) in [4.78, 5) is 17.1. The molecule has 9 nitrogen and oxygen atoms in total. The van der Waals surface area contributed by atoms with E-state index >= 15 is 0 Å². The van der Waals surface area contributed by atoms with Gasteiger partial charge in [-0.3, -0.25) is 0 Å². The Labute approximate surface area is 224 Å². The van der Waals surface area contributed by atoms with Gasteiger partial charge in [0, 0.05) is 66.8 Å². The zero-order valence-electron chi connectivity index (χ0n) is 21.4. The molecule has 5 aromatic rings. The topological polar surface area (TPSA) is 110 Å². The molecule has 1 saturated heterocycles. The van der Waals surface area contributed by atoms with Crippen LogP contribution >= 0.6 is 0 Å². The molecule has 39 heavy (non-hydrogen) atoms. The number of ether oxygens (including phenoxy) is 3. The van der Waals surface area contributed by atoms with Crippen LogP contribution in [0.1, 0.15) is 35.7 Å². The highest BCUT2D eigenvalue weighted by molar-refractivity contribution is 5.90. The molecule has 0 aliphatic carbocycles. The van der Waals surface area contributed by atoms with Crippen molar-refractivity contribution in [2.45, 2.75) is 32.3 Å². The molecule has 1 fully saturated rings. The van der Waals surface area contributed by atoms with Crippen LogP contribution in [0.5, 0.6) is 17.2 Å². The van der Waals surface area contributed by atoms with Gasteiger partial charge in [-0.1, -0.05) is 0 Å². The van der Waals surface area contributed by atoms with E-state index in [0.29, 0.717) is 34.8 Å². The molecule has 2 aromatic carbocycles. The molecule has 10 heteroatoms. The molecule has 1 aliphatic heterocycles. The molecular weight excluding hydrogens is 499 g/mol. The van der Waals surface area contributed by atoms with Crippen LogP contribution in [-0.4, -0.2) is 37.7 Å². The number of benzene rings is 2. The summed E-state index contributed by atoms with van der Waals surface area (Å²) < 4.78 is 33.6. The Balaban J connectivity index is 1.22. The van der Waals surface area contributed by atoms with Crippen molar-refractivity contribution in [3.05, 3.63) is 90.2 Å². The van der Waals surface area contributed by atoms with Gasteiger partial charge in [-0.15, -0.1) is 0 Å². The summed E-state index contributed by atoms with van der Waals surface area (Å²) in [5.41, 5.74) is 10.7. The lowest BCUT2D eigenvalue weighted by molar-refractivity contribution is 0.0855. The maximum absolute atomic E-state index is 14.3. The van der Waals surface area contributed by atoms with Crippen molar-refractivity contribution in [2.24, 2.45) is 0 Å². The van der Waals surface area contributed by atoms with Gasteiger partial charge in [-0.2, -0.15) is 0 Å². The first-order valence-electron chi connectivity index (χ1n) is 12.7. The third-order valence-electron chi connectivity index (χ3n) is 6.73. The summed E-state index contributed by atoms with van der Waals surface area (Å²) in [5.74, 6) is 2.20. The molecule has 0 unspecified atom stereocenters. The normalized spacial score (nSPS) is 14.0. The Morgan fingerprint density at radius 1 is 0.974 bits per heavy atom. The van der Waals surface area contributed by atoms with Gasteiger partial charge in [-0.25, -0.2) is 24.3 Å². The first-order chi connectivity index (χ1) is 19.0. The molecule has 0 amide bonds. The number of anilines is 1. The average Bonchev–Trinajstić information content (AvgIpc) is 3.34. The minimum absolute atomic E-state index is 0.214. The number of nitrogen functional groups attached to an aromatic ring is 1. The SMILES string of the molecule is Cc1ncc(COc2cc(F)cc(Oc3ccc(-n4cc(C5CCOCC5)c5ncnc(N)c54)cc3)c2)cn1. The second-order valence-corrected chi connectivity index (χ2v) is 9.44. The maximum Gasteiger partial charge on any atom is 0.151 e. The van der Waals surface area contributed by atoms with E-state index in [1.54, 1.807) is 18.5 Å². The summed E-state index contributed by atoms with van der Waals surface area (Å²) in [7, 11) is 0. The highest BCUT2D eigenvalue weighted by atomic mass is 19.1. The fourth-order valence-corrected chi connectivity index (χ4v) is 4.77. The van der Waals surface area contributed by atoms with E-state index in [9.17, 15) is 4.39 Å². The minimum Gasteiger partial charge on any atom is -0.489 e. The number of aryl methyl sites for hydroxylation is 1. The van der Waals surface area contributed by atoms with E-state index in [0.717, 1.165) is 53.9 Å². The largest absolute Gasteiger partial charge is 0.489 e. The maximum atomic E-state index is 14.3. The van der Waals surface area contributed by atoms with Gasteiger partial charge < -0.3 is 24.5 Å². The van der Waals surface area contributed by atoms with Gasteiger partial charge in [0.2, 0.25) is 0 Å². The predicted molar refractivity (Wildman–Crippen MR) is 144 cm³/mol. The highest BCUT2D eigenvalue weighted by Crippen LogP contribution is 2.36. The van der Waals surface area contributed by atoms with E-state index in [1.165, 1.54) is 18.5 Å². The molecule has 4 heterocycles. The van der Waals surface area contributed by atoms with Crippen LogP contribution in [0, 0.1) is 12.7 Å². The number of fused-ring (bicyclic) bond motifs is 1. The van der Waals surface area contributed by atoms with Crippen molar-refractivity contribution < 1.29 is 18.6 Å². The van der Waals surface area contributed by atoms with Gasteiger partial charge in [0.25, 0.3) is 0 Å². The molecule has 198 valence electrons. The highest BCUT2D eigenvalue weighted by Gasteiger charge is 2.23. The number of nitrogens with zero attached hydrogens (tertiary/aromatic N) is 5. The third-order valence-corrected chi connectivity index (χ3v) is 6.73. The number of hydrogen-bond acceptors (Lipinski definition) is 8. The average molecular weight is 527 g/mol. The number of nitrogens with two attached hydrogens (primary N) is 1. The monoisotopic (exact) mass is 526 g/mol. The standard InChI is InChI=1S/C29H27FN6O3/c1-18-32-13-19(14-33-18)16-38-24-10-21(30)11-25(12-24)39-23-4-2-22(3-5-23)36-15-26(20-6-8-37-9-7-20)27-28(36)29(31)35-17-34-27/h2-5,10-15,17,20H,6-9,16H2,1H3,(H2,31,34,35). The Morgan fingerprint density at radius 3 is 2.49 bits per heavy atom. The smallest absolute Gasteiger partial charge is 0.151 e. The van der Waals surface area contributed by atoms with Crippen molar-refractivity contribution in [1.82, 2.24) is 24.5 Å². The second kappa shape index (κ2) is 10.7. The summed E-state index contributed by atoms with van der Waals surface area (Å²) in [6, 6.07) is 11.8. The number of aromatic nitrogens is 5. The van der Waals surface area contributed by atoms with Crippen LogP contribution in [0.4, 0.5) is 10.2 Å². The summed E-state index contributed by atoms with van der Waals surface area (Å²) in [5, 5.41) is 0. The molecule has 0 bridgehead atoms. The van der Waals surface area contributed by atoms with Crippen molar-refractivity contribution >= 4 is 16.9 Å². The molecule has 1 aliphatic rings. The molecular formula is C29H27FN6O3. The summed E-state index contributed by atoms with van der Waals surface area (Å²) in [6.45, 7) is 3.49. The molecule has 0 atom stereocenters. The second-order valence-electron chi connectivity index (χ2n) is 9.44. The lowest BCUT2D eigenvalue weighted by Gasteiger charge is -2.21. The molecule has 0 radical (unpaired) electrons. The quantitative estimate of drug-likeness (QED) is 0.296. The first-order valence-corrected chi connectivity index (χ1v) is 12.7. The summed E-state index contributed by atoms with van der Waals surface area (Å²) in [6.07, 6.45) is 8.84. The van der Waals surface area contributed by atoms with E-state index in [1.807, 2.05) is 35.8 Å². The van der Waals surface area contributed by atoms with Gasteiger partial charge in [-0.05, 0) is 49.9 Å².